The van der Waals surface area contributed by atoms with Gasteiger partial charge in [0.2, 0.25) is 5.91 Å². The Kier molecular flexibility index (Phi) is 7.05. The van der Waals surface area contributed by atoms with Crippen molar-refractivity contribution in [1.29, 1.82) is 0 Å². The topological polar surface area (TPSA) is 75.3 Å². The molecule has 3 rings (SSSR count). The quantitative estimate of drug-likeness (QED) is 0.418. The van der Waals surface area contributed by atoms with E-state index in [0.29, 0.717) is 16.3 Å². The fourth-order valence-corrected chi connectivity index (χ4v) is 4.14. The second-order valence-corrected chi connectivity index (χ2v) is 8.95. The molecule has 0 heterocycles. The van der Waals surface area contributed by atoms with Gasteiger partial charge in [-0.25, -0.2) is 8.42 Å². The number of halogens is 3. The van der Waals surface area contributed by atoms with Gasteiger partial charge in [-0.1, -0.05) is 59.1 Å². The Morgan fingerprint density at radius 3 is 2.20 bits per heavy atom. The van der Waals surface area contributed by atoms with Crippen LogP contribution in [0.3, 0.4) is 0 Å². The van der Waals surface area contributed by atoms with Crippen LogP contribution in [0, 0.1) is 0 Å². The number of hydrogen-bond donors (Lipinski definition) is 2. The Balaban J connectivity index is 1.69. The molecule has 9 heteroatoms. The van der Waals surface area contributed by atoms with Crippen LogP contribution < -0.4 is 10.0 Å². The molecule has 3 aromatic carbocycles. The summed E-state index contributed by atoms with van der Waals surface area (Å²) in [6, 6.07) is 17.5. The van der Waals surface area contributed by atoms with Crippen LogP contribution in [-0.4, -0.2) is 14.3 Å². The molecule has 154 valence electrons. The first-order valence-corrected chi connectivity index (χ1v) is 11.2. The standard InChI is InChI=1S/C21H15Cl3N2O3S/c22-17-5-2-1-4-14(17)8-13-20(27)25-15-9-11-16(12-10-15)30(28,29)26-19-7-3-6-18(23)21(19)24/h1-13,26H,(H,25,27)/b13-8+. The summed E-state index contributed by atoms with van der Waals surface area (Å²) in [6.07, 6.45) is 2.93. The molecular formula is C21H15Cl3N2O3S. The minimum atomic E-state index is -3.88. The summed E-state index contributed by atoms with van der Waals surface area (Å²) >= 11 is 18.0. The molecular weight excluding hydrogens is 467 g/mol. The Morgan fingerprint density at radius 2 is 1.50 bits per heavy atom. The van der Waals surface area contributed by atoms with Crippen molar-refractivity contribution >= 4 is 68.2 Å². The van der Waals surface area contributed by atoms with E-state index in [1.54, 1.807) is 36.4 Å². The summed E-state index contributed by atoms with van der Waals surface area (Å²) in [6.45, 7) is 0. The molecule has 30 heavy (non-hydrogen) atoms. The van der Waals surface area contributed by atoms with Gasteiger partial charge in [0.05, 0.1) is 20.6 Å². The lowest BCUT2D eigenvalue weighted by molar-refractivity contribution is -0.111. The van der Waals surface area contributed by atoms with Crippen LogP contribution in [0.1, 0.15) is 5.56 Å². The SMILES string of the molecule is O=C(/C=C/c1ccccc1Cl)Nc1ccc(S(=O)(=O)Nc2cccc(Cl)c2Cl)cc1. The molecule has 3 aromatic rings. The van der Waals surface area contributed by atoms with Crippen molar-refractivity contribution in [3.05, 3.63) is 93.4 Å². The predicted molar refractivity (Wildman–Crippen MR) is 123 cm³/mol. The maximum absolute atomic E-state index is 12.6. The molecule has 5 nitrogen and oxygen atoms in total. The second-order valence-electron chi connectivity index (χ2n) is 6.08. The third kappa shape index (κ3) is 5.55. The zero-order valence-corrected chi connectivity index (χ0v) is 18.4. The van der Waals surface area contributed by atoms with Crippen molar-refractivity contribution < 1.29 is 13.2 Å². The second kappa shape index (κ2) is 9.53. The number of nitrogens with one attached hydrogen (secondary N) is 2. The molecule has 2 N–H and O–H groups in total. The van der Waals surface area contributed by atoms with E-state index in [0.717, 1.165) is 0 Å². The van der Waals surface area contributed by atoms with Crippen molar-refractivity contribution in [2.75, 3.05) is 10.0 Å². The zero-order valence-electron chi connectivity index (χ0n) is 15.3. The Labute approximate surface area is 189 Å². The van der Waals surface area contributed by atoms with E-state index >= 15 is 0 Å². The summed E-state index contributed by atoms with van der Waals surface area (Å²) in [4.78, 5) is 12.1. The van der Waals surface area contributed by atoms with Crippen LogP contribution in [-0.2, 0) is 14.8 Å². The fraction of sp³-hybridized carbons (Fsp3) is 0. The monoisotopic (exact) mass is 480 g/mol. The first-order chi connectivity index (χ1) is 14.3. The lowest BCUT2D eigenvalue weighted by Crippen LogP contribution is -2.13. The summed E-state index contributed by atoms with van der Waals surface area (Å²) in [5, 5.41) is 3.53. The third-order valence-corrected chi connectivity index (χ3v) is 6.49. The summed E-state index contributed by atoms with van der Waals surface area (Å²) in [5.41, 5.74) is 1.32. The number of amides is 1. The number of rotatable bonds is 6. The normalized spacial score (nSPS) is 11.4. The summed E-state index contributed by atoms with van der Waals surface area (Å²) < 4.78 is 27.5. The van der Waals surface area contributed by atoms with Crippen LogP contribution in [0.2, 0.25) is 15.1 Å². The highest BCUT2D eigenvalue weighted by atomic mass is 35.5. The van der Waals surface area contributed by atoms with Gasteiger partial charge in [-0.05, 0) is 54.1 Å². The van der Waals surface area contributed by atoms with Gasteiger partial charge in [0.15, 0.2) is 0 Å². The third-order valence-electron chi connectivity index (χ3n) is 3.95. The first-order valence-electron chi connectivity index (χ1n) is 8.57. The molecule has 0 atom stereocenters. The lowest BCUT2D eigenvalue weighted by Gasteiger charge is -2.11. The molecule has 0 saturated heterocycles. The number of anilines is 2. The number of carbonyl (C=O) groups excluding carboxylic acids is 1. The van der Waals surface area contributed by atoms with E-state index in [1.165, 1.54) is 36.4 Å². The molecule has 0 bridgehead atoms. The van der Waals surface area contributed by atoms with E-state index in [2.05, 4.69) is 10.0 Å². The van der Waals surface area contributed by atoms with Gasteiger partial charge >= 0.3 is 0 Å². The Bertz CT molecular complexity index is 1210. The Morgan fingerprint density at radius 1 is 0.833 bits per heavy atom. The van der Waals surface area contributed by atoms with E-state index in [4.69, 9.17) is 34.8 Å². The van der Waals surface area contributed by atoms with Crippen molar-refractivity contribution in [3.63, 3.8) is 0 Å². The maximum Gasteiger partial charge on any atom is 0.261 e. The zero-order chi connectivity index (χ0) is 21.7. The van der Waals surface area contributed by atoms with Crippen molar-refractivity contribution in [2.24, 2.45) is 0 Å². The molecule has 0 aromatic heterocycles. The Hall–Kier alpha value is -2.51. The van der Waals surface area contributed by atoms with Gasteiger partial charge in [0, 0.05) is 16.8 Å². The highest BCUT2D eigenvalue weighted by Crippen LogP contribution is 2.31. The molecule has 0 aliphatic rings. The summed E-state index contributed by atoms with van der Waals surface area (Å²) in [7, 11) is -3.88. The minimum absolute atomic E-state index is 0.00292. The highest BCUT2D eigenvalue weighted by molar-refractivity contribution is 7.92. The van der Waals surface area contributed by atoms with E-state index < -0.39 is 10.0 Å². The molecule has 0 saturated carbocycles. The van der Waals surface area contributed by atoms with Gasteiger partial charge in [-0.2, -0.15) is 0 Å². The fourth-order valence-electron chi connectivity index (χ4n) is 2.46. The number of benzene rings is 3. The largest absolute Gasteiger partial charge is 0.323 e. The van der Waals surface area contributed by atoms with Gasteiger partial charge < -0.3 is 5.32 Å². The number of hydrogen-bond acceptors (Lipinski definition) is 3. The summed E-state index contributed by atoms with van der Waals surface area (Å²) in [5.74, 6) is -0.380. The molecule has 0 fully saturated rings. The van der Waals surface area contributed by atoms with Gasteiger partial charge in [-0.15, -0.1) is 0 Å². The first kappa shape index (κ1) is 22.2. The van der Waals surface area contributed by atoms with Gasteiger partial charge in [0.25, 0.3) is 10.0 Å². The van der Waals surface area contributed by atoms with E-state index in [9.17, 15) is 13.2 Å². The van der Waals surface area contributed by atoms with E-state index in [-0.39, 0.29) is 26.5 Å². The molecule has 0 aliphatic carbocycles. The van der Waals surface area contributed by atoms with Crippen LogP contribution >= 0.6 is 34.8 Å². The molecule has 0 spiro atoms. The van der Waals surface area contributed by atoms with Gasteiger partial charge in [0.1, 0.15) is 0 Å². The van der Waals surface area contributed by atoms with Crippen molar-refractivity contribution in [2.45, 2.75) is 4.90 Å². The minimum Gasteiger partial charge on any atom is -0.323 e. The average Bonchev–Trinajstić information content (AvgIpc) is 2.71. The van der Waals surface area contributed by atoms with Crippen molar-refractivity contribution in [1.82, 2.24) is 0 Å². The molecule has 1 amide bonds. The predicted octanol–water partition coefficient (Wildman–Crippen LogP) is 6.10. The average molecular weight is 482 g/mol. The van der Waals surface area contributed by atoms with E-state index in [1.807, 2.05) is 6.07 Å². The molecule has 0 unspecified atom stereocenters. The van der Waals surface area contributed by atoms with Crippen LogP contribution in [0.5, 0.6) is 0 Å². The van der Waals surface area contributed by atoms with Gasteiger partial charge in [-0.3, -0.25) is 9.52 Å². The maximum atomic E-state index is 12.6. The number of sulfonamides is 1. The van der Waals surface area contributed by atoms with Crippen LogP contribution in [0.25, 0.3) is 6.08 Å². The highest BCUT2D eigenvalue weighted by Gasteiger charge is 2.16. The number of carbonyl (C=O) groups is 1. The molecule has 0 aliphatic heterocycles. The van der Waals surface area contributed by atoms with Crippen LogP contribution in [0.15, 0.2) is 77.7 Å². The lowest BCUT2D eigenvalue weighted by atomic mass is 10.2. The molecule has 0 radical (unpaired) electrons. The van der Waals surface area contributed by atoms with Crippen LogP contribution in [0.4, 0.5) is 11.4 Å². The van der Waals surface area contributed by atoms with Crippen molar-refractivity contribution in [3.8, 4) is 0 Å². The smallest absolute Gasteiger partial charge is 0.261 e.